The molecule has 2 rings (SSSR count). The van der Waals surface area contributed by atoms with Gasteiger partial charge in [0.25, 0.3) is 0 Å². The Kier molecular flexibility index (Phi) is 3.83. The zero-order chi connectivity index (χ0) is 13.1. The molecule has 0 unspecified atom stereocenters. The molecular weight excluding hydrogens is 260 g/mol. The number of halogens is 2. The lowest BCUT2D eigenvalue weighted by Crippen LogP contribution is -2.07. The van der Waals surface area contributed by atoms with Crippen molar-refractivity contribution in [3.8, 4) is 11.4 Å². The van der Waals surface area contributed by atoms with Crippen LogP contribution in [0.5, 0.6) is 0 Å². The average molecular weight is 271 g/mol. The van der Waals surface area contributed by atoms with Crippen molar-refractivity contribution in [2.24, 2.45) is 0 Å². The molecule has 0 aliphatic carbocycles. The van der Waals surface area contributed by atoms with Gasteiger partial charge in [-0.2, -0.15) is 5.10 Å². The number of benzene rings is 1. The largest absolute Gasteiger partial charge is 0.383 e. The van der Waals surface area contributed by atoms with E-state index in [1.807, 2.05) is 0 Å². The van der Waals surface area contributed by atoms with Crippen LogP contribution in [0.4, 0.5) is 8.78 Å². The summed E-state index contributed by atoms with van der Waals surface area (Å²) in [5, 5.41) is 6.49. The van der Waals surface area contributed by atoms with Crippen LogP contribution in [0.3, 0.4) is 0 Å². The van der Waals surface area contributed by atoms with Crippen molar-refractivity contribution in [3.63, 3.8) is 0 Å². The van der Waals surface area contributed by atoms with E-state index in [1.54, 1.807) is 11.7 Å². The quantitative estimate of drug-likeness (QED) is 0.869. The Morgan fingerprint density at radius 2 is 2.22 bits per heavy atom. The molecule has 18 heavy (non-hydrogen) atoms. The first-order valence-electron chi connectivity index (χ1n) is 5.23. The van der Waals surface area contributed by atoms with Gasteiger partial charge in [-0.15, -0.1) is 0 Å². The van der Waals surface area contributed by atoms with Crippen LogP contribution in [-0.4, -0.2) is 28.5 Å². The fraction of sp³-hybridized carbons (Fsp3) is 0.273. The number of H-pyrrole nitrogens is 1. The maximum atomic E-state index is 13.7. The van der Waals surface area contributed by atoms with Crippen molar-refractivity contribution in [2.45, 2.75) is 6.54 Å². The van der Waals surface area contributed by atoms with Crippen molar-refractivity contribution in [1.82, 2.24) is 14.8 Å². The van der Waals surface area contributed by atoms with E-state index >= 15 is 0 Å². The predicted octanol–water partition coefficient (Wildman–Crippen LogP) is 2.53. The molecule has 0 fully saturated rings. The monoisotopic (exact) mass is 271 g/mol. The summed E-state index contributed by atoms with van der Waals surface area (Å²) in [5.41, 5.74) is 0.0680. The maximum absolute atomic E-state index is 13.7. The molecule has 1 heterocycles. The van der Waals surface area contributed by atoms with E-state index in [0.717, 1.165) is 18.2 Å². The first kappa shape index (κ1) is 12.8. The van der Waals surface area contributed by atoms with Crippen molar-refractivity contribution in [2.75, 3.05) is 13.7 Å². The van der Waals surface area contributed by atoms with Crippen LogP contribution in [0, 0.1) is 16.4 Å². The van der Waals surface area contributed by atoms with Gasteiger partial charge in [0.2, 0.25) is 0 Å². The highest BCUT2D eigenvalue weighted by atomic mass is 32.1. The lowest BCUT2D eigenvalue weighted by atomic mass is 10.2. The normalized spacial score (nSPS) is 10.8. The van der Waals surface area contributed by atoms with E-state index in [0.29, 0.717) is 17.9 Å². The van der Waals surface area contributed by atoms with Crippen LogP contribution in [-0.2, 0) is 11.3 Å². The molecule has 96 valence electrons. The first-order chi connectivity index (χ1) is 8.63. The van der Waals surface area contributed by atoms with Crippen molar-refractivity contribution >= 4 is 12.2 Å². The first-order valence-corrected chi connectivity index (χ1v) is 5.64. The number of aromatic amines is 1. The van der Waals surface area contributed by atoms with Gasteiger partial charge in [0, 0.05) is 7.11 Å². The Morgan fingerprint density at radius 1 is 1.44 bits per heavy atom. The molecule has 0 spiro atoms. The zero-order valence-electron chi connectivity index (χ0n) is 9.61. The van der Waals surface area contributed by atoms with Gasteiger partial charge in [-0.05, 0) is 30.4 Å². The summed E-state index contributed by atoms with van der Waals surface area (Å²) in [6.07, 6.45) is 0. The topological polar surface area (TPSA) is 42.8 Å². The summed E-state index contributed by atoms with van der Waals surface area (Å²) in [6.45, 7) is 0.814. The van der Waals surface area contributed by atoms with Crippen LogP contribution in [0.15, 0.2) is 18.2 Å². The maximum Gasteiger partial charge on any atom is 0.195 e. The summed E-state index contributed by atoms with van der Waals surface area (Å²) in [6, 6.07) is 3.20. The third-order valence-corrected chi connectivity index (χ3v) is 2.76. The van der Waals surface area contributed by atoms with E-state index in [1.165, 1.54) is 0 Å². The summed E-state index contributed by atoms with van der Waals surface area (Å²) < 4.78 is 33.7. The molecule has 0 amide bonds. The zero-order valence-corrected chi connectivity index (χ0v) is 10.4. The van der Waals surface area contributed by atoms with Gasteiger partial charge >= 0.3 is 0 Å². The molecule has 7 heteroatoms. The summed E-state index contributed by atoms with van der Waals surface area (Å²) in [4.78, 5) is 0. The number of nitrogens with one attached hydrogen (secondary N) is 1. The van der Waals surface area contributed by atoms with Crippen molar-refractivity contribution in [1.29, 1.82) is 0 Å². The van der Waals surface area contributed by atoms with E-state index in [9.17, 15) is 8.78 Å². The highest BCUT2D eigenvalue weighted by molar-refractivity contribution is 7.71. The molecule has 0 aliphatic heterocycles. The van der Waals surface area contributed by atoms with Crippen molar-refractivity contribution in [3.05, 3.63) is 34.6 Å². The van der Waals surface area contributed by atoms with Crippen LogP contribution in [0.25, 0.3) is 11.4 Å². The second kappa shape index (κ2) is 5.36. The van der Waals surface area contributed by atoms with Gasteiger partial charge in [-0.3, -0.25) is 9.67 Å². The second-order valence-corrected chi connectivity index (χ2v) is 4.01. The predicted molar refractivity (Wildman–Crippen MR) is 64.6 cm³/mol. The van der Waals surface area contributed by atoms with E-state index in [4.69, 9.17) is 17.0 Å². The molecule has 4 nitrogen and oxygen atoms in total. The Balaban J connectivity index is 2.50. The van der Waals surface area contributed by atoms with Crippen molar-refractivity contribution < 1.29 is 13.5 Å². The summed E-state index contributed by atoms with van der Waals surface area (Å²) >= 11 is 5.04. The minimum Gasteiger partial charge on any atom is -0.383 e. The Labute approximate surface area is 107 Å². The molecule has 0 saturated carbocycles. The third-order valence-electron chi connectivity index (χ3n) is 2.45. The molecule has 0 bridgehead atoms. The number of methoxy groups -OCH3 is 1. The van der Waals surface area contributed by atoms with Gasteiger partial charge in [0.15, 0.2) is 10.6 Å². The number of nitrogens with zero attached hydrogens (tertiary/aromatic N) is 2. The number of hydrogen-bond acceptors (Lipinski definition) is 3. The Morgan fingerprint density at radius 3 is 2.94 bits per heavy atom. The number of rotatable bonds is 4. The summed E-state index contributed by atoms with van der Waals surface area (Å²) in [7, 11) is 1.55. The molecule has 1 N–H and O–H groups in total. The third kappa shape index (κ3) is 2.46. The fourth-order valence-electron chi connectivity index (χ4n) is 1.58. The van der Waals surface area contributed by atoms with Gasteiger partial charge in [0.1, 0.15) is 11.6 Å². The molecule has 1 aromatic carbocycles. The number of ether oxygens (including phenoxy) is 1. The number of hydrogen-bond donors (Lipinski definition) is 1. The van der Waals surface area contributed by atoms with E-state index in [2.05, 4.69) is 10.2 Å². The second-order valence-electron chi connectivity index (χ2n) is 3.62. The molecule has 0 aliphatic rings. The van der Waals surface area contributed by atoms with E-state index < -0.39 is 11.6 Å². The Hall–Kier alpha value is -1.60. The minimum atomic E-state index is -0.552. The van der Waals surface area contributed by atoms with Crippen LogP contribution >= 0.6 is 12.2 Å². The van der Waals surface area contributed by atoms with Gasteiger partial charge < -0.3 is 4.74 Å². The highest BCUT2D eigenvalue weighted by Crippen LogP contribution is 2.22. The highest BCUT2D eigenvalue weighted by Gasteiger charge is 2.14. The average Bonchev–Trinajstić information content (AvgIpc) is 2.71. The number of aromatic nitrogens is 3. The fourth-order valence-corrected chi connectivity index (χ4v) is 1.81. The van der Waals surface area contributed by atoms with Gasteiger partial charge in [-0.25, -0.2) is 8.78 Å². The molecular formula is C11H11F2N3OS. The summed E-state index contributed by atoms with van der Waals surface area (Å²) in [5.74, 6) is -0.822. The van der Waals surface area contributed by atoms with Gasteiger partial charge in [-0.1, -0.05) is 0 Å². The SMILES string of the molecule is COCCn1c(-c2cc(F)ccc2F)n[nH]c1=S. The minimum absolute atomic E-state index is 0.0680. The standard InChI is InChI=1S/C11H11F2N3OS/c1-17-5-4-16-10(14-15-11(16)18)8-6-7(12)2-3-9(8)13/h2-3,6H,4-5H2,1H3,(H,15,18). The molecule has 1 aromatic heterocycles. The molecule has 0 radical (unpaired) electrons. The lowest BCUT2D eigenvalue weighted by molar-refractivity contribution is 0.187. The van der Waals surface area contributed by atoms with E-state index in [-0.39, 0.29) is 11.4 Å². The molecule has 2 aromatic rings. The van der Waals surface area contributed by atoms with Gasteiger partial charge in [0.05, 0.1) is 18.7 Å². The van der Waals surface area contributed by atoms with Crippen LogP contribution in [0.1, 0.15) is 0 Å². The Bertz CT molecular complexity index is 609. The molecule has 0 atom stereocenters. The van der Waals surface area contributed by atoms with Crippen LogP contribution in [0.2, 0.25) is 0 Å². The smallest absolute Gasteiger partial charge is 0.195 e. The van der Waals surface area contributed by atoms with Crippen LogP contribution < -0.4 is 0 Å². The molecule has 0 saturated heterocycles. The lowest BCUT2D eigenvalue weighted by Gasteiger charge is -2.07.